The molecule has 1 aromatic rings. The van der Waals surface area contributed by atoms with E-state index in [9.17, 15) is 8.42 Å². The molecule has 0 radical (unpaired) electrons. The fourth-order valence-corrected chi connectivity index (χ4v) is 3.05. The number of nitrogens with one attached hydrogen (secondary N) is 1. The van der Waals surface area contributed by atoms with Crippen LogP contribution < -0.4 is 0 Å². The Hall–Kier alpha value is -0.910. The molecule has 1 aliphatic rings. The number of aromatic amines is 1. The Morgan fingerprint density at radius 1 is 1.50 bits per heavy atom. The van der Waals surface area contributed by atoms with Crippen LogP contribution in [0.5, 0.6) is 0 Å². The first-order chi connectivity index (χ1) is 6.66. The van der Waals surface area contributed by atoms with Gasteiger partial charge in [0.15, 0.2) is 9.84 Å². The summed E-state index contributed by atoms with van der Waals surface area (Å²) in [4.78, 5) is 3.88. The average molecular weight is 215 g/mol. The summed E-state index contributed by atoms with van der Waals surface area (Å²) in [5.74, 6) is 1.60. The molecule has 0 bridgehead atoms. The quantitative estimate of drug-likeness (QED) is 0.759. The third-order valence-corrected chi connectivity index (χ3v) is 4.11. The molecule has 0 spiro atoms. The van der Waals surface area contributed by atoms with E-state index in [1.54, 1.807) is 0 Å². The first-order valence-electron chi connectivity index (χ1n) is 4.70. The van der Waals surface area contributed by atoms with E-state index in [1.807, 2.05) is 0 Å². The number of aryl methyl sites for hydroxylation is 1. The SMILES string of the molecule is O=S(=O)(CCc1ncn[nH]1)CC1CC1. The standard InChI is InChI=1S/C8H13N3O2S/c12-14(13,5-7-1-2-7)4-3-8-9-6-10-11-8/h6-7H,1-5H2,(H,9,10,11). The predicted molar refractivity (Wildman–Crippen MR) is 51.5 cm³/mol. The third kappa shape index (κ3) is 2.80. The molecule has 0 atom stereocenters. The smallest absolute Gasteiger partial charge is 0.151 e. The average Bonchev–Trinajstić information content (AvgIpc) is 2.78. The van der Waals surface area contributed by atoms with Crippen molar-refractivity contribution in [2.24, 2.45) is 5.92 Å². The van der Waals surface area contributed by atoms with Crippen molar-refractivity contribution in [2.75, 3.05) is 11.5 Å². The number of aromatic nitrogens is 3. The van der Waals surface area contributed by atoms with Gasteiger partial charge in [0.25, 0.3) is 0 Å². The Balaban J connectivity index is 1.84. The first-order valence-corrected chi connectivity index (χ1v) is 6.52. The van der Waals surface area contributed by atoms with Gasteiger partial charge in [-0.05, 0) is 18.8 Å². The molecule has 1 saturated carbocycles. The van der Waals surface area contributed by atoms with E-state index in [-0.39, 0.29) is 5.75 Å². The molecular formula is C8H13N3O2S. The molecule has 5 nitrogen and oxygen atoms in total. The van der Waals surface area contributed by atoms with Crippen LogP contribution in [-0.4, -0.2) is 35.1 Å². The zero-order valence-electron chi connectivity index (χ0n) is 7.81. The maximum atomic E-state index is 11.5. The summed E-state index contributed by atoms with van der Waals surface area (Å²) in [7, 11) is -2.88. The summed E-state index contributed by atoms with van der Waals surface area (Å²) < 4.78 is 23.0. The second-order valence-corrected chi connectivity index (χ2v) is 5.97. The van der Waals surface area contributed by atoms with Crippen molar-refractivity contribution in [3.8, 4) is 0 Å². The monoisotopic (exact) mass is 215 g/mol. The Morgan fingerprint density at radius 3 is 2.86 bits per heavy atom. The molecule has 78 valence electrons. The normalized spacial score (nSPS) is 17.1. The van der Waals surface area contributed by atoms with Crippen LogP contribution in [0, 0.1) is 5.92 Å². The van der Waals surface area contributed by atoms with Crippen LogP contribution in [0.25, 0.3) is 0 Å². The second kappa shape index (κ2) is 3.68. The van der Waals surface area contributed by atoms with Gasteiger partial charge in [-0.2, -0.15) is 5.10 Å². The van der Waals surface area contributed by atoms with Crippen molar-refractivity contribution in [1.82, 2.24) is 15.2 Å². The Morgan fingerprint density at radius 2 is 2.29 bits per heavy atom. The van der Waals surface area contributed by atoms with Gasteiger partial charge in [-0.15, -0.1) is 0 Å². The van der Waals surface area contributed by atoms with E-state index in [2.05, 4.69) is 15.2 Å². The zero-order chi connectivity index (χ0) is 10.0. The van der Waals surface area contributed by atoms with E-state index in [4.69, 9.17) is 0 Å². The van der Waals surface area contributed by atoms with E-state index >= 15 is 0 Å². The van der Waals surface area contributed by atoms with Crippen LogP contribution >= 0.6 is 0 Å². The highest BCUT2D eigenvalue weighted by Gasteiger charge is 2.27. The summed E-state index contributed by atoms with van der Waals surface area (Å²) in [5.41, 5.74) is 0. The molecule has 1 aromatic heterocycles. The molecule has 6 heteroatoms. The Labute approximate surface area is 82.9 Å². The van der Waals surface area contributed by atoms with E-state index in [1.165, 1.54) is 6.33 Å². The number of rotatable bonds is 5. The van der Waals surface area contributed by atoms with Crippen LogP contribution in [-0.2, 0) is 16.3 Å². The van der Waals surface area contributed by atoms with Gasteiger partial charge in [-0.25, -0.2) is 13.4 Å². The number of nitrogens with zero attached hydrogens (tertiary/aromatic N) is 2. The molecular weight excluding hydrogens is 202 g/mol. The highest BCUT2D eigenvalue weighted by atomic mass is 32.2. The summed E-state index contributed by atoms with van der Waals surface area (Å²) in [6.45, 7) is 0. The van der Waals surface area contributed by atoms with Crippen molar-refractivity contribution in [1.29, 1.82) is 0 Å². The molecule has 14 heavy (non-hydrogen) atoms. The fraction of sp³-hybridized carbons (Fsp3) is 0.750. The molecule has 2 rings (SSSR count). The van der Waals surface area contributed by atoms with Gasteiger partial charge in [-0.3, -0.25) is 5.10 Å². The number of sulfone groups is 1. The molecule has 1 N–H and O–H groups in total. The minimum atomic E-state index is -2.88. The van der Waals surface area contributed by atoms with Crippen LogP contribution in [0.4, 0.5) is 0 Å². The number of hydrogen-bond acceptors (Lipinski definition) is 4. The van der Waals surface area contributed by atoms with Crippen molar-refractivity contribution in [3.63, 3.8) is 0 Å². The molecule has 0 unspecified atom stereocenters. The zero-order valence-corrected chi connectivity index (χ0v) is 8.63. The lowest BCUT2D eigenvalue weighted by Crippen LogP contribution is -2.14. The van der Waals surface area contributed by atoms with Gasteiger partial charge in [0.2, 0.25) is 0 Å². The van der Waals surface area contributed by atoms with Crippen LogP contribution in [0.15, 0.2) is 6.33 Å². The maximum absolute atomic E-state index is 11.5. The molecule has 0 aliphatic heterocycles. The topological polar surface area (TPSA) is 75.7 Å². The molecule has 0 amide bonds. The molecule has 1 fully saturated rings. The highest BCUT2D eigenvalue weighted by Crippen LogP contribution is 2.30. The molecule has 0 saturated heterocycles. The Kier molecular flexibility index (Phi) is 2.54. The lowest BCUT2D eigenvalue weighted by molar-refractivity contribution is 0.591. The van der Waals surface area contributed by atoms with Crippen molar-refractivity contribution >= 4 is 9.84 Å². The van der Waals surface area contributed by atoms with Crippen LogP contribution in [0.3, 0.4) is 0 Å². The predicted octanol–water partition coefficient (Wildman–Crippen LogP) is 0.172. The van der Waals surface area contributed by atoms with Crippen molar-refractivity contribution < 1.29 is 8.42 Å². The Bertz CT molecular complexity index is 381. The van der Waals surface area contributed by atoms with Gasteiger partial charge in [0.1, 0.15) is 12.2 Å². The van der Waals surface area contributed by atoms with Gasteiger partial charge >= 0.3 is 0 Å². The second-order valence-electron chi connectivity index (χ2n) is 3.74. The largest absolute Gasteiger partial charge is 0.263 e. The maximum Gasteiger partial charge on any atom is 0.151 e. The van der Waals surface area contributed by atoms with Crippen LogP contribution in [0.1, 0.15) is 18.7 Å². The lowest BCUT2D eigenvalue weighted by Gasteiger charge is -2.00. The number of hydrogen-bond donors (Lipinski definition) is 1. The van der Waals surface area contributed by atoms with Gasteiger partial charge in [0.05, 0.1) is 11.5 Å². The highest BCUT2D eigenvalue weighted by molar-refractivity contribution is 7.91. The lowest BCUT2D eigenvalue weighted by atomic mass is 10.5. The van der Waals surface area contributed by atoms with Crippen molar-refractivity contribution in [2.45, 2.75) is 19.3 Å². The van der Waals surface area contributed by atoms with Gasteiger partial charge in [0, 0.05) is 6.42 Å². The minimum absolute atomic E-state index is 0.179. The summed E-state index contributed by atoms with van der Waals surface area (Å²) in [5, 5.41) is 6.32. The molecule has 1 aliphatic carbocycles. The van der Waals surface area contributed by atoms with Gasteiger partial charge < -0.3 is 0 Å². The van der Waals surface area contributed by atoms with Gasteiger partial charge in [-0.1, -0.05) is 0 Å². The summed E-state index contributed by atoms with van der Waals surface area (Å²) in [6.07, 6.45) is 3.97. The summed E-state index contributed by atoms with van der Waals surface area (Å²) >= 11 is 0. The minimum Gasteiger partial charge on any atom is -0.263 e. The number of H-pyrrole nitrogens is 1. The van der Waals surface area contributed by atoms with E-state index in [0.717, 1.165) is 12.8 Å². The molecule has 0 aromatic carbocycles. The van der Waals surface area contributed by atoms with Crippen molar-refractivity contribution in [3.05, 3.63) is 12.2 Å². The van der Waals surface area contributed by atoms with Crippen LogP contribution in [0.2, 0.25) is 0 Å². The van der Waals surface area contributed by atoms with E-state index in [0.29, 0.717) is 23.9 Å². The molecule has 1 heterocycles. The summed E-state index contributed by atoms with van der Waals surface area (Å²) in [6, 6.07) is 0. The third-order valence-electron chi connectivity index (χ3n) is 2.30. The fourth-order valence-electron chi connectivity index (χ4n) is 1.33. The van der Waals surface area contributed by atoms with E-state index < -0.39 is 9.84 Å². The first kappa shape index (κ1) is 9.64.